The van der Waals surface area contributed by atoms with Gasteiger partial charge in [0.05, 0.1) is 0 Å². The van der Waals surface area contributed by atoms with E-state index in [0.29, 0.717) is 17.9 Å². The van der Waals surface area contributed by atoms with Gasteiger partial charge in [0.2, 0.25) is 17.8 Å². The lowest BCUT2D eigenvalue weighted by Crippen LogP contribution is -2.32. The highest BCUT2D eigenvalue weighted by Gasteiger charge is 2.26. The fraction of sp³-hybridized carbons (Fsp3) is 0.786. The van der Waals surface area contributed by atoms with E-state index in [9.17, 15) is 0 Å². The van der Waals surface area contributed by atoms with E-state index in [1.807, 2.05) is 19.0 Å². The van der Waals surface area contributed by atoms with Crippen LogP contribution in [0.1, 0.15) is 19.8 Å². The summed E-state index contributed by atoms with van der Waals surface area (Å²) in [5.74, 6) is 2.14. The molecule has 1 aromatic heterocycles. The van der Waals surface area contributed by atoms with Gasteiger partial charge in [-0.25, -0.2) is 0 Å². The Hall–Kier alpha value is -1.63. The molecule has 1 fully saturated rings. The van der Waals surface area contributed by atoms with Crippen molar-refractivity contribution in [2.75, 3.05) is 62.9 Å². The molecule has 1 aromatic rings. The van der Waals surface area contributed by atoms with Crippen LogP contribution in [0.2, 0.25) is 0 Å². The Balaban J connectivity index is 2.19. The van der Waals surface area contributed by atoms with Gasteiger partial charge in [0, 0.05) is 39.8 Å². The predicted octanol–water partition coefficient (Wildman–Crippen LogP) is 0.900. The van der Waals surface area contributed by atoms with Gasteiger partial charge >= 0.3 is 0 Å². The van der Waals surface area contributed by atoms with Crippen molar-refractivity contribution in [2.45, 2.75) is 25.8 Å². The number of rotatable bonds is 6. The second-order valence-electron chi connectivity index (χ2n) is 5.93. The van der Waals surface area contributed by atoms with E-state index in [-0.39, 0.29) is 0 Å². The summed E-state index contributed by atoms with van der Waals surface area (Å²) in [5, 5.41) is 3.26. The fourth-order valence-corrected chi connectivity index (χ4v) is 2.36. The molecule has 0 bridgehead atoms. The van der Waals surface area contributed by atoms with E-state index in [1.165, 1.54) is 0 Å². The molecule has 7 nitrogen and oxygen atoms in total. The van der Waals surface area contributed by atoms with Crippen molar-refractivity contribution < 1.29 is 0 Å². The zero-order valence-corrected chi connectivity index (χ0v) is 13.8. The van der Waals surface area contributed by atoms with E-state index in [1.54, 1.807) is 0 Å². The molecule has 1 N–H and O–H groups in total. The third kappa shape index (κ3) is 3.93. The number of likely N-dealkylation sites (N-methyl/N-ethyl adjacent to an activating group) is 1. The number of aromatic nitrogens is 3. The lowest BCUT2D eigenvalue weighted by molar-refractivity contribution is 0.315. The van der Waals surface area contributed by atoms with Crippen LogP contribution in [0, 0.1) is 0 Å². The molecule has 2 heterocycles. The van der Waals surface area contributed by atoms with Gasteiger partial charge in [0.25, 0.3) is 0 Å². The summed E-state index contributed by atoms with van der Waals surface area (Å²) in [6.07, 6.45) is 2.19. The standard InChI is InChI=1S/C14H27N7/c1-6-8-15-12-16-13(20(4)5)18-14(17-12)21-9-7-11(10-21)19(2)3/h11H,6-10H2,1-5H3,(H,15,16,17,18). The Morgan fingerprint density at radius 1 is 1.19 bits per heavy atom. The summed E-state index contributed by atoms with van der Waals surface area (Å²) in [6, 6.07) is 0.566. The van der Waals surface area contributed by atoms with E-state index in [0.717, 1.165) is 38.4 Å². The molecule has 0 aromatic carbocycles. The normalized spacial score (nSPS) is 18.4. The first kappa shape index (κ1) is 15.8. The summed E-state index contributed by atoms with van der Waals surface area (Å²) >= 11 is 0. The van der Waals surface area contributed by atoms with E-state index in [4.69, 9.17) is 0 Å². The molecule has 0 spiro atoms. The smallest absolute Gasteiger partial charge is 0.232 e. The van der Waals surface area contributed by atoms with Gasteiger partial charge in [-0.15, -0.1) is 0 Å². The molecule has 0 saturated carbocycles. The van der Waals surface area contributed by atoms with Crippen molar-refractivity contribution >= 4 is 17.8 Å². The highest BCUT2D eigenvalue weighted by molar-refractivity contribution is 5.45. The Bertz CT molecular complexity index is 461. The Morgan fingerprint density at radius 2 is 1.95 bits per heavy atom. The topological polar surface area (TPSA) is 60.4 Å². The Kier molecular flexibility index (Phi) is 5.17. The van der Waals surface area contributed by atoms with Crippen molar-refractivity contribution in [1.82, 2.24) is 19.9 Å². The Morgan fingerprint density at radius 3 is 2.52 bits per heavy atom. The molecule has 7 heteroatoms. The summed E-state index contributed by atoms with van der Waals surface area (Å²) in [5.41, 5.74) is 0. The minimum Gasteiger partial charge on any atom is -0.354 e. The van der Waals surface area contributed by atoms with Gasteiger partial charge in [-0.05, 0) is 26.9 Å². The van der Waals surface area contributed by atoms with Gasteiger partial charge in [0.15, 0.2) is 0 Å². The molecular formula is C14H27N7. The maximum atomic E-state index is 4.59. The minimum absolute atomic E-state index is 0.566. The highest BCUT2D eigenvalue weighted by atomic mass is 15.4. The zero-order valence-electron chi connectivity index (χ0n) is 13.8. The molecule has 1 aliphatic rings. The molecule has 2 rings (SSSR count). The molecule has 0 aliphatic carbocycles. The van der Waals surface area contributed by atoms with Crippen LogP contribution in [0.4, 0.5) is 17.8 Å². The third-order valence-electron chi connectivity index (χ3n) is 3.72. The van der Waals surface area contributed by atoms with Crippen molar-refractivity contribution in [3.8, 4) is 0 Å². The summed E-state index contributed by atoms with van der Waals surface area (Å²) in [4.78, 5) is 20.0. The van der Waals surface area contributed by atoms with Crippen LogP contribution >= 0.6 is 0 Å². The first-order valence-electron chi connectivity index (χ1n) is 7.60. The third-order valence-corrected chi connectivity index (χ3v) is 3.72. The van der Waals surface area contributed by atoms with Crippen molar-refractivity contribution in [1.29, 1.82) is 0 Å². The minimum atomic E-state index is 0.566. The van der Waals surface area contributed by atoms with Gasteiger partial charge in [-0.3, -0.25) is 0 Å². The largest absolute Gasteiger partial charge is 0.354 e. The summed E-state index contributed by atoms with van der Waals surface area (Å²) < 4.78 is 0. The fourth-order valence-electron chi connectivity index (χ4n) is 2.36. The van der Waals surface area contributed by atoms with Gasteiger partial charge in [-0.2, -0.15) is 15.0 Å². The van der Waals surface area contributed by atoms with Crippen LogP contribution in [0.25, 0.3) is 0 Å². The Labute approximate surface area is 127 Å². The molecule has 1 saturated heterocycles. The second kappa shape index (κ2) is 6.89. The lowest BCUT2D eigenvalue weighted by Gasteiger charge is -2.21. The number of hydrogen-bond acceptors (Lipinski definition) is 7. The quantitative estimate of drug-likeness (QED) is 0.836. The molecule has 0 radical (unpaired) electrons. The average molecular weight is 293 g/mol. The lowest BCUT2D eigenvalue weighted by atomic mass is 10.2. The van der Waals surface area contributed by atoms with Crippen molar-refractivity contribution in [3.63, 3.8) is 0 Å². The molecule has 118 valence electrons. The monoisotopic (exact) mass is 293 g/mol. The summed E-state index contributed by atoms with van der Waals surface area (Å²) in [7, 11) is 8.16. The SMILES string of the molecule is CCCNc1nc(N(C)C)nc(N2CCC(N(C)C)C2)n1. The molecule has 0 amide bonds. The van der Waals surface area contributed by atoms with Crippen molar-refractivity contribution in [2.24, 2.45) is 0 Å². The van der Waals surface area contributed by atoms with Crippen LogP contribution < -0.4 is 15.1 Å². The van der Waals surface area contributed by atoms with E-state index < -0.39 is 0 Å². The maximum absolute atomic E-state index is 4.59. The number of nitrogens with zero attached hydrogens (tertiary/aromatic N) is 6. The van der Waals surface area contributed by atoms with Gasteiger partial charge < -0.3 is 20.0 Å². The van der Waals surface area contributed by atoms with Crippen LogP contribution in [0.3, 0.4) is 0 Å². The maximum Gasteiger partial charge on any atom is 0.232 e. The van der Waals surface area contributed by atoms with Crippen LogP contribution in [-0.2, 0) is 0 Å². The molecule has 1 aliphatic heterocycles. The number of hydrogen-bond donors (Lipinski definition) is 1. The van der Waals surface area contributed by atoms with E-state index >= 15 is 0 Å². The molecular weight excluding hydrogens is 266 g/mol. The molecule has 1 atom stereocenters. The summed E-state index contributed by atoms with van der Waals surface area (Å²) in [6.45, 7) is 4.96. The first-order valence-corrected chi connectivity index (χ1v) is 7.60. The second-order valence-corrected chi connectivity index (χ2v) is 5.93. The zero-order chi connectivity index (χ0) is 15.4. The van der Waals surface area contributed by atoms with Crippen LogP contribution in [-0.4, -0.2) is 73.7 Å². The van der Waals surface area contributed by atoms with Crippen molar-refractivity contribution in [3.05, 3.63) is 0 Å². The number of anilines is 3. The number of nitrogens with one attached hydrogen (secondary N) is 1. The van der Waals surface area contributed by atoms with E-state index in [2.05, 4.69) is 51.1 Å². The average Bonchev–Trinajstić information content (AvgIpc) is 2.94. The van der Waals surface area contributed by atoms with Crippen LogP contribution in [0.15, 0.2) is 0 Å². The van der Waals surface area contributed by atoms with Crippen LogP contribution in [0.5, 0.6) is 0 Å². The van der Waals surface area contributed by atoms with Gasteiger partial charge in [-0.1, -0.05) is 6.92 Å². The molecule has 21 heavy (non-hydrogen) atoms. The highest BCUT2D eigenvalue weighted by Crippen LogP contribution is 2.21. The van der Waals surface area contributed by atoms with Gasteiger partial charge in [0.1, 0.15) is 0 Å². The predicted molar refractivity (Wildman–Crippen MR) is 87.2 cm³/mol. The molecule has 1 unspecified atom stereocenters. The first-order chi connectivity index (χ1) is 10.0.